The number of rotatable bonds is 7. The second-order valence-corrected chi connectivity index (χ2v) is 3.14. The van der Waals surface area contributed by atoms with Gasteiger partial charge < -0.3 is 5.11 Å². The lowest BCUT2D eigenvalue weighted by molar-refractivity contribution is -0.132. The Kier molecular flexibility index (Phi) is 6.02. The van der Waals surface area contributed by atoms with Gasteiger partial charge in [-0.25, -0.2) is 4.79 Å². The molecule has 0 spiro atoms. The van der Waals surface area contributed by atoms with Crippen molar-refractivity contribution < 1.29 is 14.7 Å². The molecule has 15 heavy (non-hydrogen) atoms. The van der Waals surface area contributed by atoms with Gasteiger partial charge in [-0.1, -0.05) is 31.7 Å². The van der Waals surface area contributed by atoms with E-state index in [9.17, 15) is 9.59 Å². The summed E-state index contributed by atoms with van der Waals surface area (Å²) in [5.41, 5.74) is -0.0204. The number of allylic oxidation sites excluding steroid dienone is 2. The van der Waals surface area contributed by atoms with Gasteiger partial charge in [-0.15, -0.1) is 6.58 Å². The molecule has 0 aromatic heterocycles. The maximum absolute atomic E-state index is 11.4. The van der Waals surface area contributed by atoms with Gasteiger partial charge in [0, 0.05) is 12.3 Å². The lowest BCUT2D eigenvalue weighted by Gasteiger charge is -2.06. The Labute approximate surface area is 89.8 Å². The molecule has 0 fully saturated rings. The van der Waals surface area contributed by atoms with Crippen LogP contribution >= 0.6 is 0 Å². The number of carbonyl (C=O) groups is 2. The first-order valence-electron chi connectivity index (χ1n) is 4.76. The van der Waals surface area contributed by atoms with Crippen molar-refractivity contribution in [1.29, 1.82) is 0 Å². The average molecular weight is 208 g/mol. The van der Waals surface area contributed by atoms with E-state index in [4.69, 9.17) is 5.11 Å². The van der Waals surface area contributed by atoms with Gasteiger partial charge in [-0.2, -0.15) is 0 Å². The Balaban J connectivity index is 4.53. The molecule has 0 rings (SSSR count). The molecule has 1 unspecified atom stereocenters. The Morgan fingerprint density at radius 1 is 1.47 bits per heavy atom. The van der Waals surface area contributed by atoms with E-state index in [1.54, 1.807) is 19.1 Å². The minimum Gasteiger partial charge on any atom is -0.478 e. The molecular formula is C12H16O3. The van der Waals surface area contributed by atoms with E-state index in [0.717, 1.165) is 0 Å². The third-order valence-corrected chi connectivity index (χ3v) is 1.99. The first kappa shape index (κ1) is 13.4. The van der Waals surface area contributed by atoms with Crippen LogP contribution < -0.4 is 0 Å². The highest BCUT2D eigenvalue weighted by molar-refractivity contribution is 5.89. The van der Waals surface area contributed by atoms with Crippen molar-refractivity contribution in [3.8, 4) is 0 Å². The van der Waals surface area contributed by atoms with E-state index in [0.29, 0.717) is 12.8 Å². The molecule has 82 valence electrons. The maximum Gasteiger partial charge on any atom is 0.335 e. The fraction of sp³-hybridized carbons (Fsp3) is 0.333. The highest BCUT2D eigenvalue weighted by Crippen LogP contribution is 2.11. The molecule has 3 nitrogen and oxygen atoms in total. The fourth-order valence-corrected chi connectivity index (χ4v) is 1.06. The van der Waals surface area contributed by atoms with Gasteiger partial charge in [-0.05, 0) is 6.42 Å². The summed E-state index contributed by atoms with van der Waals surface area (Å²) < 4.78 is 0. The third kappa shape index (κ3) is 4.96. The molecular weight excluding hydrogens is 192 g/mol. The van der Waals surface area contributed by atoms with Crippen LogP contribution in [0.5, 0.6) is 0 Å². The first-order chi connectivity index (χ1) is 7.02. The highest BCUT2D eigenvalue weighted by Gasteiger charge is 2.11. The summed E-state index contributed by atoms with van der Waals surface area (Å²) in [5, 5.41) is 8.56. The number of carboxylic acid groups (broad SMARTS) is 1. The van der Waals surface area contributed by atoms with Crippen LogP contribution in [0.1, 0.15) is 19.8 Å². The smallest absolute Gasteiger partial charge is 0.335 e. The van der Waals surface area contributed by atoms with Crippen molar-refractivity contribution in [2.24, 2.45) is 5.92 Å². The molecule has 1 atom stereocenters. The standard InChI is InChI=1S/C12H16O3/c1-4-6-10(11(13)5-2)8-7-9(3)12(14)15/h4,7-8,10H,1,3,5-6H2,2H3,(H,14,15)/b8-7-. The number of hydrogen-bond donors (Lipinski definition) is 1. The van der Waals surface area contributed by atoms with Gasteiger partial charge in [0.2, 0.25) is 0 Å². The number of Topliss-reactive ketones (excluding diaryl/α,β-unsaturated/α-hetero) is 1. The van der Waals surface area contributed by atoms with E-state index < -0.39 is 5.97 Å². The molecule has 0 aliphatic rings. The zero-order valence-electron chi connectivity index (χ0n) is 8.90. The number of aliphatic carboxylic acids is 1. The number of ketones is 1. The molecule has 0 aliphatic carbocycles. The Bertz CT molecular complexity index is 300. The van der Waals surface area contributed by atoms with E-state index in [-0.39, 0.29) is 17.3 Å². The van der Waals surface area contributed by atoms with Crippen LogP contribution in [-0.4, -0.2) is 16.9 Å². The summed E-state index contributed by atoms with van der Waals surface area (Å²) in [7, 11) is 0. The van der Waals surface area contributed by atoms with E-state index in [1.165, 1.54) is 6.08 Å². The van der Waals surface area contributed by atoms with Gasteiger partial charge in [0.1, 0.15) is 5.78 Å². The maximum atomic E-state index is 11.4. The van der Waals surface area contributed by atoms with E-state index in [1.807, 2.05) is 0 Å². The lowest BCUT2D eigenvalue weighted by Crippen LogP contribution is -2.10. The van der Waals surface area contributed by atoms with Crippen LogP contribution in [0, 0.1) is 5.92 Å². The monoisotopic (exact) mass is 208 g/mol. The molecule has 0 heterocycles. The molecule has 0 aliphatic heterocycles. The van der Waals surface area contributed by atoms with Crippen LogP contribution in [0.4, 0.5) is 0 Å². The predicted octanol–water partition coefficient (Wildman–Crippen LogP) is 2.35. The Morgan fingerprint density at radius 3 is 2.47 bits per heavy atom. The SMILES string of the molecule is C=CCC(/C=C\C(=C)C(=O)O)C(=O)CC. The molecule has 0 bridgehead atoms. The molecule has 0 radical (unpaired) electrons. The summed E-state index contributed by atoms with van der Waals surface area (Å²) >= 11 is 0. The van der Waals surface area contributed by atoms with E-state index >= 15 is 0 Å². The van der Waals surface area contributed by atoms with Crippen molar-refractivity contribution in [3.63, 3.8) is 0 Å². The molecule has 0 saturated carbocycles. The summed E-state index contributed by atoms with van der Waals surface area (Å²) in [6, 6.07) is 0. The van der Waals surface area contributed by atoms with Crippen molar-refractivity contribution in [1.82, 2.24) is 0 Å². The minimum absolute atomic E-state index is 0.0204. The molecule has 3 heteroatoms. The third-order valence-electron chi connectivity index (χ3n) is 1.99. The average Bonchev–Trinajstić information content (AvgIpc) is 2.22. The van der Waals surface area contributed by atoms with Crippen LogP contribution in [-0.2, 0) is 9.59 Å². The van der Waals surface area contributed by atoms with Crippen molar-refractivity contribution >= 4 is 11.8 Å². The fourth-order valence-electron chi connectivity index (χ4n) is 1.06. The molecule has 0 aromatic rings. The van der Waals surface area contributed by atoms with Crippen molar-refractivity contribution in [3.05, 3.63) is 37.0 Å². The Hall–Kier alpha value is -1.64. The minimum atomic E-state index is -1.08. The topological polar surface area (TPSA) is 54.4 Å². The second kappa shape index (κ2) is 6.76. The van der Waals surface area contributed by atoms with Crippen LogP contribution in [0.25, 0.3) is 0 Å². The first-order valence-corrected chi connectivity index (χ1v) is 4.76. The summed E-state index contributed by atoms with van der Waals surface area (Å²) in [5.74, 6) is -1.29. The molecule has 0 aromatic carbocycles. The Morgan fingerprint density at radius 2 is 2.07 bits per heavy atom. The van der Waals surface area contributed by atoms with Gasteiger partial charge in [0.05, 0.1) is 5.57 Å². The van der Waals surface area contributed by atoms with Crippen molar-refractivity contribution in [2.75, 3.05) is 0 Å². The zero-order chi connectivity index (χ0) is 11.8. The highest BCUT2D eigenvalue weighted by atomic mass is 16.4. The molecule has 0 amide bonds. The molecule has 0 saturated heterocycles. The quantitative estimate of drug-likeness (QED) is 0.397. The van der Waals surface area contributed by atoms with Crippen LogP contribution in [0.2, 0.25) is 0 Å². The van der Waals surface area contributed by atoms with Crippen LogP contribution in [0.3, 0.4) is 0 Å². The number of hydrogen-bond acceptors (Lipinski definition) is 2. The van der Waals surface area contributed by atoms with Crippen molar-refractivity contribution in [2.45, 2.75) is 19.8 Å². The summed E-state index contributed by atoms with van der Waals surface area (Å²) in [4.78, 5) is 21.9. The largest absolute Gasteiger partial charge is 0.478 e. The van der Waals surface area contributed by atoms with Gasteiger partial charge in [-0.3, -0.25) is 4.79 Å². The predicted molar refractivity (Wildman–Crippen MR) is 59.5 cm³/mol. The van der Waals surface area contributed by atoms with Gasteiger partial charge in [0.15, 0.2) is 0 Å². The zero-order valence-corrected chi connectivity index (χ0v) is 8.90. The summed E-state index contributed by atoms with van der Waals surface area (Å²) in [6.07, 6.45) is 5.54. The molecule has 1 N–H and O–H groups in total. The summed E-state index contributed by atoms with van der Waals surface area (Å²) in [6.45, 7) is 8.68. The number of carbonyl (C=O) groups excluding carboxylic acids is 1. The normalized spacial score (nSPS) is 12.3. The second-order valence-electron chi connectivity index (χ2n) is 3.14. The van der Waals surface area contributed by atoms with Gasteiger partial charge in [0.25, 0.3) is 0 Å². The van der Waals surface area contributed by atoms with Crippen LogP contribution in [0.15, 0.2) is 37.0 Å². The lowest BCUT2D eigenvalue weighted by atomic mass is 9.97. The van der Waals surface area contributed by atoms with Gasteiger partial charge >= 0.3 is 5.97 Å². The number of carboxylic acids is 1. The van der Waals surface area contributed by atoms with E-state index in [2.05, 4.69) is 13.2 Å².